The van der Waals surface area contributed by atoms with Crippen LogP contribution in [0.5, 0.6) is 5.75 Å². The zero-order chi connectivity index (χ0) is 26.7. The van der Waals surface area contributed by atoms with E-state index in [-0.39, 0.29) is 25.6 Å². The monoisotopic (exact) mass is 556 g/mol. The van der Waals surface area contributed by atoms with Gasteiger partial charge in [0.25, 0.3) is 5.91 Å². The Morgan fingerprint density at radius 2 is 1.89 bits per heavy atom. The molecule has 0 aliphatic carbocycles. The summed E-state index contributed by atoms with van der Waals surface area (Å²) in [6.07, 6.45) is -2.97. The van der Waals surface area contributed by atoms with E-state index in [2.05, 4.69) is 15.3 Å². The van der Waals surface area contributed by atoms with Gasteiger partial charge in [0.05, 0.1) is 17.3 Å². The first-order chi connectivity index (χ1) is 17.5. The second kappa shape index (κ2) is 11.0. The van der Waals surface area contributed by atoms with Crippen molar-refractivity contribution < 1.29 is 31.5 Å². The number of carbonyl (C=O) groups excluding carboxylic acids is 1. The van der Waals surface area contributed by atoms with Gasteiger partial charge in [0.15, 0.2) is 11.6 Å². The van der Waals surface area contributed by atoms with Crippen molar-refractivity contribution in [3.8, 4) is 5.75 Å². The summed E-state index contributed by atoms with van der Waals surface area (Å²) in [6.45, 7) is -0.0715. The number of alkyl halides is 3. The van der Waals surface area contributed by atoms with Gasteiger partial charge in [0.1, 0.15) is 33.3 Å². The molecule has 1 N–H and O–H groups in total. The fourth-order valence-electron chi connectivity index (χ4n) is 3.36. The largest absolute Gasteiger partial charge is 0.483 e. The van der Waals surface area contributed by atoms with Gasteiger partial charge in [-0.2, -0.15) is 13.2 Å². The Bertz CT molecular complexity index is 1430. The maximum absolute atomic E-state index is 15.0. The van der Waals surface area contributed by atoms with Crippen molar-refractivity contribution >= 4 is 39.2 Å². The van der Waals surface area contributed by atoms with E-state index in [1.54, 1.807) is 18.0 Å². The molecule has 13 heteroatoms. The number of nitrogens with one attached hydrogen (secondary N) is 1. The minimum atomic E-state index is -4.44. The van der Waals surface area contributed by atoms with E-state index in [0.29, 0.717) is 25.9 Å². The highest BCUT2D eigenvalue weighted by molar-refractivity contribution is 7.18. The quantitative estimate of drug-likeness (QED) is 0.212. The van der Waals surface area contributed by atoms with Crippen molar-refractivity contribution in [3.63, 3.8) is 0 Å². The lowest BCUT2D eigenvalue weighted by atomic mass is 10.1. The molecule has 2 heterocycles. The van der Waals surface area contributed by atoms with Gasteiger partial charge in [0, 0.05) is 12.7 Å². The van der Waals surface area contributed by atoms with Crippen molar-refractivity contribution in [2.45, 2.75) is 19.3 Å². The Morgan fingerprint density at radius 1 is 1.16 bits per heavy atom. The van der Waals surface area contributed by atoms with Gasteiger partial charge >= 0.3 is 6.18 Å². The molecule has 0 spiro atoms. The Kier molecular flexibility index (Phi) is 7.90. The number of amides is 1. The fraction of sp³-hybridized carbons (Fsp3) is 0.208. The molecule has 2 aromatic heterocycles. The predicted octanol–water partition coefficient (Wildman–Crippen LogP) is 6.04. The molecule has 0 fully saturated rings. The molecule has 0 bridgehead atoms. The first kappa shape index (κ1) is 26.7. The van der Waals surface area contributed by atoms with Gasteiger partial charge in [0.2, 0.25) is 0 Å². The second-order valence-electron chi connectivity index (χ2n) is 7.98. The molecule has 1 amide bonds. The van der Waals surface area contributed by atoms with Crippen LogP contribution in [0.4, 0.5) is 22.0 Å². The predicted molar refractivity (Wildman–Crippen MR) is 128 cm³/mol. The van der Waals surface area contributed by atoms with Crippen molar-refractivity contribution in [2.24, 2.45) is 0 Å². The number of thiazole rings is 1. The third-order valence-corrected chi connectivity index (χ3v) is 6.30. The highest BCUT2D eigenvalue weighted by Crippen LogP contribution is 2.29. The summed E-state index contributed by atoms with van der Waals surface area (Å²) in [7, 11) is 1.59. The normalized spacial score (nSPS) is 11.8. The minimum absolute atomic E-state index is 0.120. The standard InChI is InChI=1S/C24H18ClF5N4O2S/c1-34(10-13-2-4-14(5-3-13)24(28,29)30)12-32-22(35)20-16(26)6-7-18(21(20)27)36-11-19-33-17-8-15(25)9-31-23(17)37-19/h2-9H,10-12H2,1H3,(H,32,35). The van der Waals surface area contributed by atoms with Crippen molar-refractivity contribution in [1.82, 2.24) is 20.2 Å². The third-order valence-electron chi connectivity index (χ3n) is 5.14. The molecule has 0 aliphatic heterocycles. The average Bonchev–Trinajstić information content (AvgIpc) is 3.24. The minimum Gasteiger partial charge on any atom is -0.483 e. The summed E-state index contributed by atoms with van der Waals surface area (Å²) in [5, 5.41) is 3.29. The topological polar surface area (TPSA) is 67.4 Å². The molecular weight excluding hydrogens is 539 g/mol. The van der Waals surface area contributed by atoms with Crippen LogP contribution >= 0.6 is 22.9 Å². The van der Waals surface area contributed by atoms with E-state index in [1.165, 1.54) is 29.7 Å². The average molecular weight is 557 g/mol. The number of carbonyl (C=O) groups is 1. The summed E-state index contributed by atoms with van der Waals surface area (Å²) in [5.41, 5.74) is -0.483. The number of hydrogen-bond donors (Lipinski definition) is 1. The molecule has 2 aromatic carbocycles. The summed E-state index contributed by atoms with van der Waals surface area (Å²) >= 11 is 7.11. The van der Waals surface area contributed by atoms with Gasteiger partial charge in [-0.05, 0) is 42.9 Å². The van der Waals surface area contributed by atoms with Crippen LogP contribution in [0.2, 0.25) is 5.02 Å². The lowest BCUT2D eigenvalue weighted by molar-refractivity contribution is -0.137. The van der Waals surface area contributed by atoms with Crippen molar-refractivity contribution in [1.29, 1.82) is 0 Å². The molecule has 0 saturated carbocycles. The number of nitrogens with zero attached hydrogens (tertiary/aromatic N) is 3. The summed E-state index contributed by atoms with van der Waals surface area (Å²) < 4.78 is 72.8. The second-order valence-corrected chi connectivity index (χ2v) is 9.48. The molecule has 0 unspecified atom stereocenters. The maximum atomic E-state index is 15.0. The van der Waals surface area contributed by atoms with Crippen molar-refractivity contribution in [2.75, 3.05) is 13.7 Å². The van der Waals surface area contributed by atoms with Crippen LogP contribution in [0, 0.1) is 11.6 Å². The number of rotatable bonds is 8. The molecule has 6 nitrogen and oxygen atoms in total. The highest BCUT2D eigenvalue weighted by Gasteiger charge is 2.30. The SMILES string of the molecule is CN(CNC(=O)c1c(F)ccc(OCc2nc3cc(Cl)cnc3s2)c1F)Cc1ccc(C(F)(F)F)cc1. The molecule has 37 heavy (non-hydrogen) atoms. The zero-order valence-corrected chi connectivity index (χ0v) is 20.6. The van der Waals surface area contributed by atoms with Crippen LogP contribution in [0.3, 0.4) is 0 Å². The fourth-order valence-corrected chi connectivity index (χ4v) is 4.31. The van der Waals surface area contributed by atoms with E-state index < -0.39 is 34.8 Å². The molecule has 4 aromatic rings. The first-order valence-corrected chi connectivity index (χ1v) is 11.9. The lowest BCUT2D eigenvalue weighted by Crippen LogP contribution is -2.35. The number of fused-ring (bicyclic) bond motifs is 1. The number of hydrogen-bond acceptors (Lipinski definition) is 6. The Hall–Kier alpha value is -3.35. The van der Waals surface area contributed by atoms with Gasteiger partial charge in [-0.15, -0.1) is 0 Å². The van der Waals surface area contributed by atoms with Crippen LogP contribution < -0.4 is 10.1 Å². The molecule has 0 saturated heterocycles. The lowest BCUT2D eigenvalue weighted by Gasteiger charge is -2.18. The highest BCUT2D eigenvalue weighted by atomic mass is 35.5. The Labute approximate surface area is 216 Å². The molecule has 4 rings (SSSR count). The molecular formula is C24H18ClF5N4O2S. The number of ether oxygens (including phenoxy) is 1. The first-order valence-electron chi connectivity index (χ1n) is 10.7. The summed E-state index contributed by atoms with van der Waals surface area (Å²) in [4.78, 5) is 23.2. The van der Waals surface area contributed by atoms with Crippen LogP contribution in [-0.4, -0.2) is 34.5 Å². The third kappa shape index (κ3) is 6.51. The van der Waals surface area contributed by atoms with Gasteiger partial charge in [-0.1, -0.05) is 35.1 Å². The molecule has 0 radical (unpaired) electrons. The Balaban J connectivity index is 1.37. The maximum Gasteiger partial charge on any atom is 0.416 e. The smallest absolute Gasteiger partial charge is 0.416 e. The van der Waals surface area contributed by atoms with Gasteiger partial charge in [-0.3, -0.25) is 9.69 Å². The Morgan fingerprint density at radius 3 is 2.59 bits per heavy atom. The molecule has 194 valence electrons. The number of halogens is 6. The van der Waals surface area contributed by atoms with E-state index in [1.807, 2.05) is 0 Å². The summed E-state index contributed by atoms with van der Waals surface area (Å²) in [6, 6.07) is 8.16. The van der Waals surface area contributed by atoms with Crippen molar-refractivity contribution in [3.05, 3.63) is 87.0 Å². The van der Waals surface area contributed by atoms with Crippen LogP contribution in [0.25, 0.3) is 10.3 Å². The van der Waals surface area contributed by atoms with E-state index >= 15 is 0 Å². The number of benzene rings is 2. The van der Waals surface area contributed by atoms with Crippen LogP contribution in [0.15, 0.2) is 48.7 Å². The van der Waals surface area contributed by atoms with Crippen LogP contribution in [0.1, 0.15) is 26.5 Å². The molecule has 0 atom stereocenters. The van der Waals surface area contributed by atoms with Gasteiger partial charge < -0.3 is 10.1 Å². The summed E-state index contributed by atoms with van der Waals surface area (Å²) in [5.74, 6) is -3.61. The van der Waals surface area contributed by atoms with E-state index in [4.69, 9.17) is 16.3 Å². The number of pyridine rings is 1. The van der Waals surface area contributed by atoms with Gasteiger partial charge in [-0.25, -0.2) is 18.7 Å². The van der Waals surface area contributed by atoms with Crippen LogP contribution in [-0.2, 0) is 19.3 Å². The molecule has 0 aliphatic rings. The van der Waals surface area contributed by atoms with E-state index in [9.17, 15) is 26.7 Å². The van der Waals surface area contributed by atoms with E-state index in [0.717, 1.165) is 24.3 Å². The number of aromatic nitrogens is 2. The zero-order valence-electron chi connectivity index (χ0n) is 19.1.